The summed E-state index contributed by atoms with van der Waals surface area (Å²) in [4.78, 5) is 15.4. The molecule has 2 aromatic heterocycles. The average Bonchev–Trinajstić information content (AvgIpc) is 3.46. The Morgan fingerprint density at radius 1 is 1.29 bits per heavy atom. The Bertz CT molecular complexity index is 1280. The second-order valence-electron chi connectivity index (χ2n) is 7.76. The van der Waals surface area contributed by atoms with Crippen molar-refractivity contribution in [3.8, 4) is 17.2 Å². The summed E-state index contributed by atoms with van der Waals surface area (Å²) in [6, 6.07) is 10.6. The van der Waals surface area contributed by atoms with Crippen LogP contribution in [0.2, 0.25) is 0 Å². The molecule has 1 aliphatic rings. The van der Waals surface area contributed by atoms with Crippen molar-refractivity contribution in [3.63, 3.8) is 0 Å². The van der Waals surface area contributed by atoms with E-state index in [0.29, 0.717) is 16.0 Å². The summed E-state index contributed by atoms with van der Waals surface area (Å²) in [5, 5.41) is 13.2. The third-order valence-corrected chi connectivity index (χ3v) is 6.75. The van der Waals surface area contributed by atoms with Gasteiger partial charge in [0.2, 0.25) is 5.91 Å². The van der Waals surface area contributed by atoms with Crippen LogP contribution in [0.5, 0.6) is 0 Å². The summed E-state index contributed by atoms with van der Waals surface area (Å²) in [5.41, 5.74) is 0.759. The molecule has 3 heterocycles. The Balaban J connectivity index is 1.87. The van der Waals surface area contributed by atoms with Gasteiger partial charge in [-0.2, -0.15) is 23.5 Å². The number of nitrogens with zero attached hydrogens (tertiary/aromatic N) is 4. The molecule has 0 saturated carbocycles. The molecule has 4 rings (SSSR count). The summed E-state index contributed by atoms with van der Waals surface area (Å²) in [6.45, 7) is 1.63. The van der Waals surface area contributed by atoms with Crippen LogP contribution in [0, 0.1) is 11.3 Å². The van der Waals surface area contributed by atoms with Gasteiger partial charge in [-0.3, -0.25) is 9.48 Å². The largest absolute Gasteiger partial charge is 0.435 e. The fourth-order valence-corrected chi connectivity index (χ4v) is 5.23. The van der Waals surface area contributed by atoms with Crippen molar-refractivity contribution in [2.24, 2.45) is 0 Å². The fraction of sp³-hybridized carbons (Fsp3) is 0.292. The van der Waals surface area contributed by atoms with Crippen LogP contribution in [0.15, 0.2) is 48.7 Å². The second kappa shape index (κ2) is 9.43. The minimum Gasteiger partial charge on any atom is -0.333 e. The Morgan fingerprint density at radius 3 is 2.74 bits per heavy atom. The average molecular weight is 489 g/mol. The van der Waals surface area contributed by atoms with Crippen molar-refractivity contribution in [1.82, 2.24) is 14.7 Å². The van der Waals surface area contributed by atoms with Crippen LogP contribution in [-0.2, 0) is 24.1 Å². The van der Waals surface area contributed by atoms with Crippen LogP contribution < -0.4 is 0 Å². The number of thiophene rings is 1. The number of allylic oxidation sites excluding steroid dienone is 1. The molecule has 0 N–H and O–H groups in total. The molecule has 0 spiro atoms. The number of carbonyl (C=O) groups excluding carboxylic acids is 1. The van der Waals surface area contributed by atoms with Crippen molar-refractivity contribution in [2.45, 2.75) is 32.1 Å². The Kier molecular flexibility index (Phi) is 6.57. The van der Waals surface area contributed by atoms with Crippen molar-refractivity contribution >= 4 is 17.2 Å². The molecule has 5 nitrogen and oxygen atoms in total. The van der Waals surface area contributed by atoms with Gasteiger partial charge in [0.05, 0.1) is 6.54 Å². The van der Waals surface area contributed by atoms with Crippen molar-refractivity contribution < 1.29 is 22.4 Å². The summed E-state index contributed by atoms with van der Waals surface area (Å²) < 4.78 is 55.3. The summed E-state index contributed by atoms with van der Waals surface area (Å²) in [5.74, 6) is -0.862. The Hall–Kier alpha value is -3.45. The van der Waals surface area contributed by atoms with E-state index in [-0.39, 0.29) is 25.2 Å². The lowest BCUT2D eigenvalue weighted by molar-refractivity contribution is -0.141. The first-order valence-electron chi connectivity index (χ1n) is 10.5. The number of alkyl halides is 4. The maximum absolute atomic E-state index is 13.8. The molecule has 0 fully saturated rings. The quantitative estimate of drug-likeness (QED) is 0.351. The number of nitriles is 1. The van der Waals surface area contributed by atoms with Gasteiger partial charge in [0.25, 0.3) is 0 Å². The van der Waals surface area contributed by atoms with Crippen LogP contribution in [-0.4, -0.2) is 33.8 Å². The predicted octanol–water partition coefficient (Wildman–Crippen LogP) is 5.52. The first kappa shape index (κ1) is 23.7. The molecule has 0 saturated heterocycles. The van der Waals surface area contributed by atoms with Gasteiger partial charge in [-0.05, 0) is 35.8 Å². The minimum atomic E-state index is -4.64. The van der Waals surface area contributed by atoms with Gasteiger partial charge in [-0.1, -0.05) is 24.3 Å². The first-order valence-corrected chi connectivity index (χ1v) is 11.4. The number of rotatable bonds is 5. The smallest absolute Gasteiger partial charge is 0.333 e. The zero-order valence-electron chi connectivity index (χ0n) is 18.1. The molecule has 10 heteroatoms. The number of aromatic nitrogens is 2. The number of hydrogen-bond donors (Lipinski definition) is 0. The van der Waals surface area contributed by atoms with E-state index >= 15 is 0 Å². The number of fused-ring (bicyclic) bond motifs is 1. The van der Waals surface area contributed by atoms with Crippen LogP contribution >= 0.6 is 11.3 Å². The third-order valence-electron chi connectivity index (χ3n) is 5.71. The zero-order chi connectivity index (χ0) is 24.5. The van der Waals surface area contributed by atoms with E-state index in [0.717, 1.165) is 22.6 Å². The number of aryl methyl sites for hydroxylation is 1. The fourth-order valence-electron chi connectivity index (χ4n) is 4.19. The molecule has 3 aromatic rings. The van der Waals surface area contributed by atoms with E-state index < -0.39 is 30.4 Å². The van der Waals surface area contributed by atoms with Crippen LogP contribution in [0.25, 0.3) is 11.1 Å². The molecule has 1 amide bonds. The lowest BCUT2D eigenvalue weighted by Crippen LogP contribution is -2.37. The maximum Gasteiger partial charge on any atom is 0.435 e. The van der Waals surface area contributed by atoms with Gasteiger partial charge in [0, 0.05) is 41.7 Å². The van der Waals surface area contributed by atoms with Gasteiger partial charge in [0.15, 0.2) is 5.69 Å². The predicted molar refractivity (Wildman–Crippen MR) is 120 cm³/mol. The molecular formula is C24H20F4N4OS. The van der Waals surface area contributed by atoms with E-state index in [4.69, 9.17) is 0 Å². The summed E-state index contributed by atoms with van der Waals surface area (Å²) in [6.07, 6.45) is -0.993. The third kappa shape index (κ3) is 4.48. The lowest BCUT2D eigenvalue weighted by atomic mass is 9.83. The summed E-state index contributed by atoms with van der Waals surface area (Å²) in [7, 11) is 0. The van der Waals surface area contributed by atoms with E-state index in [1.54, 1.807) is 37.3 Å². The van der Waals surface area contributed by atoms with Crippen LogP contribution in [0.1, 0.15) is 39.4 Å². The van der Waals surface area contributed by atoms with Gasteiger partial charge in [-0.25, -0.2) is 4.39 Å². The van der Waals surface area contributed by atoms with E-state index in [1.165, 1.54) is 27.1 Å². The normalized spacial score (nSPS) is 16.0. The van der Waals surface area contributed by atoms with Crippen molar-refractivity contribution in [3.05, 3.63) is 75.3 Å². The molecular weight excluding hydrogens is 468 g/mol. The maximum atomic E-state index is 13.8. The highest BCUT2D eigenvalue weighted by molar-refractivity contribution is 7.12. The SMILES string of the molecule is CCn1cc(-c2ccccc2C2CN(C(=O)/C=C/CF)Cc3sc(C#N)cc32)c(C(F)(F)F)n1. The molecule has 176 valence electrons. The summed E-state index contributed by atoms with van der Waals surface area (Å²) >= 11 is 1.25. The molecule has 1 aliphatic heterocycles. The van der Waals surface area contributed by atoms with Crippen LogP contribution in [0.3, 0.4) is 0 Å². The zero-order valence-corrected chi connectivity index (χ0v) is 19.0. The van der Waals surface area contributed by atoms with Crippen molar-refractivity contribution in [1.29, 1.82) is 5.26 Å². The van der Waals surface area contributed by atoms with Gasteiger partial charge < -0.3 is 4.90 Å². The minimum absolute atomic E-state index is 0.0389. The Morgan fingerprint density at radius 2 is 2.06 bits per heavy atom. The lowest BCUT2D eigenvalue weighted by Gasteiger charge is -2.33. The van der Waals surface area contributed by atoms with E-state index in [1.807, 2.05) is 0 Å². The van der Waals surface area contributed by atoms with Gasteiger partial charge in [-0.15, -0.1) is 11.3 Å². The molecule has 1 atom stereocenters. The Labute approximate surface area is 197 Å². The number of halogens is 4. The second-order valence-corrected chi connectivity index (χ2v) is 8.90. The monoisotopic (exact) mass is 488 g/mol. The number of benzene rings is 1. The molecule has 1 unspecified atom stereocenters. The van der Waals surface area contributed by atoms with E-state index in [2.05, 4.69) is 11.2 Å². The highest BCUT2D eigenvalue weighted by Crippen LogP contribution is 2.44. The number of carbonyl (C=O) groups is 1. The molecule has 0 bridgehead atoms. The molecule has 1 aromatic carbocycles. The van der Waals surface area contributed by atoms with E-state index in [9.17, 15) is 27.6 Å². The standard InChI is InChI=1S/C24H20F4N4OS/c1-2-32-13-20(23(30-32)24(26,27)28)17-7-4-3-6-16(17)19-12-31(22(33)8-5-9-25)14-21-18(19)10-15(11-29)34-21/h3-8,10,13,19H,2,9,12,14H2,1H3/b8-5+. The molecule has 34 heavy (non-hydrogen) atoms. The molecule has 0 radical (unpaired) electrons. The van der Waals surface area contributed by atoms with Crippen molar-refractivity contribution in [2.75, 3.05) is 13.2 Å². The highest BCUT2D eigenvalue weighted by atomic mass is 32.1. The topological polar surface area (TPSA) is 61.9 Å². The van der Waals surface area contributed by atoms with Crippen LogP contribution in [0.4, 0.5) is 17.6 Å². The number of amides is 1. The highest BCUT2D eigenvalue weighted by Gasteiger charge is 2.39. The molecule has 0 aliphatic carbocycles. The van der Waals surface area contributed by atoms with Gasteiger partial charge in [0.1, 0.15) is 17.6 Å². The van der Waals surface area contributed by atoms with Gasteiger partial charge >= 0.3 is 6.18 Å². The first-order chi connectivity index (χ1) is 16.3. The number of hydrogen-bond acceptors (Lipinski definition) is 4.